The van der Waals surface area contributed by atoms with Crippen molar-refractivity contribution in [1.82, 2.24) is 14.4 Å². The van der Waals surface area contributed by atoms with Crippen LogP contribution < -0.4 is 0 Å². The van der Waals surface area contributed by atoms with Gasteiger partial charge >= 0.3 is 6.09 Å². The van der Waals surface area contributed by atoms with Crippen molar-refractivity contribution in [1.29, 1.82) is 0 Å². The molecule has 6 nitrogen and oxygen atoms in total. The minimum atomic E-state index is -0.438. The average Bonchev–Trinajstić information content (AvgIpc) is 3.13. The minimum Gasteiger partial charge on any atom is -0.441 e. The van der Waals surface area contributed by atoms with Crippen molar-refractivity contribution in [2.45, 2.75) is 25.4 Å². The number of piperidine rings is 1. The van der Waals surface area contributed by atoms with E-state index in [1.54, 1.807) is 4.90 Å². The number of aryl methyl sites for hydroxylation is 1. The van der Waals surface area contributed by atoms with Crippen LogP contribution in [0.3, 0.4) is 0 Å². The molecular weight excluding hydrogens is 354 g/mol. The number of aromatic nitrogens is 1. The van der Waals surface area contributed by atoms with Gasteiger partial charge in [-0.2, -0.15) is 0 Å². The van der Waals surface area contributed by atoms with Gasteiger partial charge in [-0.3, -0.25) is 4.79 Å². The number of nitrogens with zero attached hydrogens (tertiary/aromatic N) is 3. The lowest BCUT2D eigenvalue weighted by atomic mass is 9.91. The number of ether oxygens (including phenoxy) is 1. The number of carbonyl (C=O) groups excluding carboxylic acids is 2. The molecule has 2 amide bonds. The summed E-state index contributed by atoms with van der Waals surface area (Å²) in [5, 5.41) is 1.53. The maximum atomic E-state index is 13.0. The second kappa shape index (κ2) is 6.20. The van der Waals surface area contributed by atoms with E-state index in [0.717, 1.165) is 10.9 Å². The third-order valence-corrected chi connectivity index (χ3v) is 5.97. The molecule has 0 atom stereocenters. The zero-order valence-corrected chi connectivity index (χ0v) is 15.8. The number of amides is 2. The van der Waals surface area contributed by atoms with E-state index in [0.29, 0.717) is 49.7 Å². The van der Waals surface area contributed by atoms with E-state index in [2.05, 4.69) is 0 Å². The van der Waals surface area contributed by atoms with E-state index in [1.165, 1.54) is 0 Å². The van der Waals surface area contributed by atoms with Gasteiger partial charge in [0.25, 0.3) is 5.91 Å². The summed E-state index contributed by atoms with van der Waals surface area (Å²) in [5.74, 6) is -0.00807. The van der Waals surface area contributed by atoms with Gasteiger partial charge in [0, 0.05) is 55.4 Å². The second-order valence-electron chi connectivity index (χ2n) is 7.12. The van der Waals surface area contributed by atoms with E-state index >= 15 is 0 Å². The van der Waals surface area contributed by atoms with Crippen molar-refractivity contribution in [3.63, 3.8) is 0 Å². The van der Waals surface area contributed by atoms with Gasteiger partial charge in [0.05, 0.1) is 6.54 Å². The molecule has 0 aliphatic carbocycles. The largest absolute Gasteiger partial charge is 0.441 e. The third kappa shape index (κ3) is 2.63. The molecule has 2 aliphatic rings. The summed E-state index contributed by atoms with van der Waals surface area (Å²) in [6.45, 7) is 4.38. The zero-order chi connectivity index (χ0) is 18.5. The number of hydrogen-bond donors (Lipinski definition) is 0. The fourth-order valence-corrected chi connectivity index (χ4v) is 4.23. The molecule has 2 aromatic rings. The Kier molecular flexibility index (Phi) is 4.10. The first kappa shape index (κ1) is 17.2. The van der Waals surface area contributed by atoms with Gasteiger partial charge in [0.1, 0.15) is 11.3 Å². The zero-order valence-electron chi connectivity index (χ0n) is 15.0. The van der Waals surface area contributed by atoms with Crippen LogP contribution >= 0.6 is 11.6 Å². The van der Waals surface area contributed by atoms with Crippen LogP contribution in [0, 0.1) is 0 Å². The lowest BCUT2D eigenvalue weighted by Gasteiger charge is -2.37. The number of likely N-dealkylation sites (tertiary alicyclic amines) is 1. The minimum absolute atomic E-state index is 0.00807. The van der Waals surface area contributed by atoms with Crippen LogP contribution in [-0.4, -0.2) is 58.1 Å². The topological polar surface area (TPSA) is 54.8 Å². The number of likely N-dealkylation sites (N-methyl/N-ethyl adjacent to an activating group) is 1. The molecule has 1 aromatic carbocycles. The highest BCUT2D eigenvalue weighted by Gasteiger charge is 2.47. The Hall–Kier alpha value is -2.21. The van der Waals surface area contributed by atoms with Gasteiger partial charge in [-0.15, -0.1) is 0 Å². The van der Waals surface area contributed by atoms with Crippen molar-refractivity contribution < 1.29 is 14.3 Å². The van der Waals surface area contributed by atoms with Gasteiger partial charge in [0.15, 0.2) is 0 Å². The van der Waals surface area contributed by atoms with Gasteiger partial charge in [-0.25, -0.2) is 4.79 Å². The highest BCUT2D eigenvalue weighted by Crippen LogP contribution is 2.34. The van der Waals surface area contributed by atoms with Crippen molar-refractivity contribution in [2.75, 3.05) is 26.2 Å². The molecule has 0 N–H and O–H groups in total. The number of rotatable bonds is 2. The normalized spacial score (nSPS) is 19.4. The van der Waals surface area contributed by atoms with Crippen LogP contribution in [0.15, 0.2) is 24.3 Å². The summed E-state index contributed by atoms with van der Waals surface area (Å²) in [7, 11) is 1.88. The third-order valence-electron chi connectivity index (χ3n) is 5.64. The van der Waals surface area contributed by atoms with Crippen LogP contribution in [0.1, 0.15) is 30.3 Å². The van der Waals surface area contributed by atoms with Crippen molar-refractivity contribution in [2.24, 2.45) is 7.05 Å². The molecule has 2 saturated heterocycles. The van der Waals surface area contributed by atoms with Crippen LogP contribution in [-0.2, 0) is 11.8 Å². The fraction of sp³-hybridized carbons (Fsp3) is 0.474. The molecule has 0 radical (unpaired) electrons. The highest BCUT2D eigenvalue weighted by molar-refractivity contribution is 6.35. The molecule has 0 saturated carbocycles. The smallest absolute Gasteiger partial charge is 0.410 e. The molecule has 2 fully saturated rings. The van der Waals surface area contributed by atoms with E-state index in [4.69, 9.17) is 16.3 Å². The van der Waals surface area contributed by atoms with Crippen molar-refractivity contribution in [3.05, 3.63) is 35.0 Å². The van der Waals surface area contributed by atoms with E-state index < -0.39 is 5.60 Å². The Morgan fingerprint density at radius 2 is 2.04 bits per heavy atom. The molecule has 26 heavy (non-hydrogen) atoms. The maximum absolute atomic E-state index is 13.0. The van der Waals surface area contributed by atoms with E-state index in [9.17, 15) is 9.59 Å². The quantitative estimate of drug-likeness (QED) is 0.809. The molecule has 1 aromatic heterocycles. The average molecular weight is 376 g/mol. The molecule has 3 heterocycles. The van der Waals surface area contributed by atoms with Crippen molar-refractivity contribution in [3.8, 4) is 0 Å². The number of hydrogen-bond acceptors (Lipinski definition) is 3. The lowest BCUT2D eigenvalue weighted by molar-refractivity contribution is 0.00289. The summed E-state index contributed by atoms with van der Waals surface area (Å²) in [5.41, 5.74) is 1.13. The molecule has 2 aliphatic heterocycles. The molecule has 138 valence electrons. The lowest BCUT2D eigenvalue weighted by Crippen LogP contribution is -2.49. The molecule has 0 bridgehead atoms. The SMILES string of the molecule is CCN1CC2(CCN(C(=O)c3cc4c(Cl)cccc4n3C)CC2)OC1=O. The Morgan fingerprint density at radius 1 is 1.31 bits per heavy atom. The number of fused-ring (bicyclic) bond motifs is 1. The Balaban J connectivity index is 1.52. The summed E-state index contributed by atoms with van der Waals surface area (Å²) < 4.78 is 7.53. The maximum Gasteiger partial charge on any atom is 0.410 e. The van der Waals surface area contributed by atoms with Gasteiger partial charge in [0.2, 0.25) is 0 Å². The highest BCUT2D eigenvalue weighted by atomic mass is 35.5. The van der Waals surface area contributed by atoms with Gasteiger partial charge < -0.3 is 19.1 Å². The molecule has 1 spiro atoms. The molecular formula is C19H22ClN3O3. The molecule has 0 unspecified atom stereocenters. The number of benzene rings is 1. The van der Waals surface area contributed by atoms with Crippen LogP contribution in [0.4, 0.5) is 4.79 Å². The second-order valence-corrected chi connectivity index (χ2v) is 7.53. The predicted octanol–water partition coefficient (Wildman–Crippen LogP) is 3.28. The number of halogens is 1. The Morgan fingerprint density at radius 3 is 2.65 bits per heavy atom. The first-order valence-electron chi connectivity index (χ1n) is 8.95. The summed E-state index contributed by atoms with van der Waals surface area (Å²) >= 11 is 6.26. The van der Waals surface area contributed by atoms with E-state index in [1.807, 2.05) is 47.7 Å². The summed E-state index contributed by atoms with van der Waals surface area (Å²) in [4.78, 5) is 28.5. The van der Waals surface area contributed by atoms with Crippen LogP contribution in [0.5, 0.6) is 0 Å². The molecule has 4 rings (SSSR count). The summed E-state index contributed by atoms with van der Waals surface area (Å²) in [6, 6.07) is 7.54. The van der Waals surface area contributed by atoms with Gasteiger partial charge in [-0.05, 0) is 25.1 Å². The fourth-order valence-electron chi connectivity index (χ4n) is 4.00. The predicted molar refractivity (Wildman–Crippen MR) is 99.5 cm³/mol. The van der Waals surface area contributed by atoms with Gasteiger partial charge in [-0.1, -0.05) is 17.7 Å². The van der Waals surface area contributed by atoms with Crippen LogP contribution in [0.25, 0.3) is 10.9 Å². The monoisotopic (exact) mass is 375 g/mol. The van der Waals surface area contributed by atoms with Crippen LogP contribution in [0.2, 0.25) is 5.02 Å². The first-order chi connectivity index (χ1) is 12.4. The Bertz CT molecular complexity index is 884. The van der Waals surface area contributed by atoms with E-state index in [-0.39, 0.29) is 12.0 Å². The number of carbonyl (C=O) groups is 2. The molecule has 7 heteroatoms. The standard InChI is InChI=1S/C19H22ClN3O3/c1-3-22-12-19(26-18(22)25)7-9-23(10-8-19)17(24)16-11-13-14(20)5-4-6-15(13)21(16)2/h4-6,11H,3,7-10,12H2,1-2H3. The first-order valence-corrected chi connectivity index (χ1v) is 9.33. The summed E-state index contributed by atoms with van der Waals surface area (Å²) in [6.07, 6.45) is 1.10. The van der Waals surface area contributed by atoms with Crippen molar-refractivity contribution >= 4 is 34.5 Å². The Labute approximate surface area is 157 Å².